The molecule has 0 spiro atoms. The number of piperidine rings is 1. The van der Waals surface area contributed by atoms with Gasteiger partial charge in [0.2, 0.25) is 11.8 Å². The summed E-state index contributed by atoms with van der Waals surface area (Å²) >= 11 is 1.29. The van der Waals surface area contributed by atoms with Crippen LogP contribution in [0.2, 0.25) is 0 Å². The van der Waals surface area contributed by atoms with Gasteiger partial charge in [0.1, 0.15) is 0 Å². The van der Waals surface area contributed by atoms with Gasteiger partial charge in [-0.25, -0.2) is 0 Å². The van der Waals surface area contributed by atoms with E-state index in [2.05, 4.69) is 29.0 Å². The standard InChI is InChI=1S/C16H20N4O2S/c1-11-6-12(2)9-20(8-11)14(21)10-23-16-19-18-15(22-16)13-4-3-5-17-7-13/h3-5,7,11-12H,6,8-10H2,1-2H3/t11-,12-/m0/s1. The van der Waals surface area contributed by atoms with Crippen molar-refractivity contribution in [3.8, 4) is 11.5 Å². The molecule has 3 heterocycles. The highest BCUT2D eigenvalue weighted by Gasteiger charge is 2.25. The van der Waals surface area contributed by atoms with Gasteiger partial charge in [-0.15, -0.1) is 10.2 Å². The van der Waals surface area contributed by atoms with E-state index in [0.717, 1.165) is 18.7 Å². The van der Waals surface area contributed by atoms with Crippen LogP contribution in [0.3, 0.4) is 0 Å². The molecule has 0 N–H and O–H groups in total. The van der Waals surface area contributed by atoms with E-state index in [1.165, 1.54) is 18.2 Å². The van der Waals surface area contributed by atoms with E-state index in [0.29, 0.717) is 28.7 Å². The first-order chi connectivity index (χ1) is 11.1. The molecule has 1 fully saturated rings. The van der Waals surface area contributed by atoms with Crippen LogP contribution in [0.25, 0.3) is 11.5 Å². The third-order valence-corrected chi connectivity index (χ3v) is 4.66. The molecule has 2 atom stereocenters. The number of carbonyl (C=O) groups is 1. The van der Waals surface area contributed by atoms with Crippen molar-refractivity contribution < 1.29 is 9.21 Å². The number of thioether (sulfide) groups is 1. The van der Waals surface area contributed by atoms with Crippen molar-refractivity contribution in [2.24, 2.45) is 11.8 Å². The van der Waals surface area contributed by atoms with E-state index in [9.17, 15) is 4.79 Å². The third-order valence-electron chi connectivity index (χ3n) is 3.86. The number of nitrogens with zero attached hydrogens (tertiary/aromatic N) is 4. The Kier molecular flexibility index (Phi) is 4.95. The van der Waals surface area contributed by atoms with Crippen LogP contribution in [-0.2, 0) is 4.79 Å². The number of amides is 1. The second-order valence-electron chi connectivity index (χ2n) is 6.15. The average molecular weight is 332 g/mol. The van der Waals surface area contributed by atoms with Crippen molar-refractivity contribution in [2.75, 3.05) is 18.8 Å². The lowest BCUT2D eigenvalue weighted by Gasteiger charge is -2.34. The molecule has 0 radical (unpaired) electrons. The topological polar surface area (TPSA) is 72.1 Å². The fraction of sp³-hybridized carbons (Fsp3) is 0.500. The van der Waals surface area contributed by atoms with Gasteiger partial charge in [0.05, 0.1) is 11.3 Å². The number of aromatic nitrogens is 3. The summed E-state index contributed by atoms with van der Waals surface area (Å²) in [5, 5.41) is 8.40. The van der Waals surface area contributed by atoms with Crippen molar-refractivity contribution in [3.05, 3.63) is 24.5 Å². The number of pyridine rings is 1. The highest BCUT2D eigenvalue weighted by atomic mass is 32.2. The predicted molar refractivity (Wildman–Crippen MR) is 87.8 cm³/mol. The minimum Gasteiger partial charge on any atom is -0.411 e. The number of likely N-dealkylation sites (tertiary alicyclic amines) is 1. The van der Waals surface area contributed by atoms with Gasteiger partial charge in [0.25, 0.3) is 5.22 Å². The lowest BCUT2D eigenvalue weighted by atomic mass is 9.92. The minimum atomic E-state index is 0.134. The maximum absolute atomic E-state index is 12.3. The average Bonchev–Trinajstić information content (AvgIpc) is 3.01. The summed E-state index contributed by atoms with van der Waals surface area (Å²) in [5.74, 6) is 2.01. The molecule has 23 heavy (non-hydrogen) atoms. The zero-order valence-corrected chi connectivity index (χ0v) is 14.1. The number of hydrogen-bond donors (Lipinski definition) is 0. The summed E-state index contributed by atoms with van der Waals surface area (Å²) in [6.45, 7) is 6.07. The molecule has 7 heteroatoms. The Labute approximate surface area is 139 Å². The van der Waals surface area contributed by atoms with Crippen LogP contribution in [0, 0.1) is 11.8 Å². The van der Waals surface area contributed by atoms with Crippen molar-refractivity contribution in [3.63, 3.8) is 0 Å². The maximum atomic E-state index is 12.3. The maximum Gasteiger partial charge on any atom is 0.277 e. The van der Waals surface area contributed by atoms with Crippen LogP contribution in [-0.4, -0.2) is 44.8 Å². The second kappa shape index (κ2) is 7.12. The largest absolute Gasteiger partial charge is 0.411 e. The van der Waals surface area contributed by atoms with Gasteiger partial charge >= 0.3 is 0 Å². The first kappa shape index (κ1) is 16.0. The van der Waals surface area contributed by atoms with E-state index in [4.69, 9.17) is 4.42 Å². The number of hydrogen-bond acceptors (Lipinski definition) is 6. The predicted octanol–water partition coefficient (Wildman–Crippen LogP) is 2.73. The van der Waals surface area contributed by atoms with Gasteiger partial charge in [-0.2, -0.15) is 0 Å². The second-order valence-corrected chi connectivity index (χ2v) is 7.07. The first-order valence-electron chi connectivity index (χ1n) is 7.76. The van der Waals surface area contributed by atoms with Gasteiger partial charge < -0.3 is 9.32 Å². The SMILES string of the molecule is C[C@H]1C[C@H](C)CN(C(=O)CSc2nnc(-c3cccnc3)o2)C1. The van der Waals surface area contributed by atoms with E-state index in [1.54, 1.807) is 12.4 Å². The monoisotopic (exact) mass is 332 g/mol. The summed E-state index contributed by atoms with van der Waals surface area (Å²) in [7, 11) is 0. The quantitative estimate of drug-likeness (QED) is 0.802. The number of rotatable bonds is 4. The molecule has 2 aromatic heterocycles. The van der Waals surface area contributed by atoms with Crippen LogP contribution < -0.4 is 0 Å². The Hall–Kier alpha value is -1.89. The highest BCUT2D eigenvalue weighted by molar-refractivity contribution is 7.99. The van der Waals surface area contributed by atoms with Crippen LogP contribution in [0.5, 0.6) is 0 Å². The molecule has 1 aliphatic heterocycles. The van der Waals surface area contributed by atoms with Crippen LogP contribution in [0.4, 0.5) is 0 Å². The molecule has 3 rings (SSSR count). The van der Waals surface area contributed by atoms with Gasteiger partial charge in [0, 0.05) is 25.5 Å². The Morgan fingerprint density at radius 1 is 1.35 bits per heavy atom. The number of carbonyl (C=O) groups excluding carboxylic acids is 1. The Bertz CT molecular complexity index is 651. The molecule has 6 nitrogen and oxygen atoms in total. The van der Waals surface area contributed by atoms with Gasteiger partial charge in [-0.1, -0.05) is 25.6 Å². The van der Waals surface area contributed by atoms with Crippen molar-refractivity contribution in [1.82, 2.24) is 20.1 Å². The minimum absolute atomic E-state index is 0.134. The lowest BCUT2D eigenvalue weighted by molar-refractivity contribution is -0.130. The summed E-state index contributed by atoms with van der Waals surface area (Å²) in [6.07, 6.45) is 4.55. The van der Waals surface area contributed by atoms with E-state index < -0.39 is 0 Å². The fourth-order valence-corrected chi connectivity index (χ4v) is 3.62. The Morgan fingerprint density at radius 3 is 2.83 bits per heavy atom. The normalized spacial score (nSPS) is 21.4. The van der Waals surface area contributed by atoms with Crippen molar-refractivity contribution in [1.29, 1.82) is 0 Å². The molecule has 0 unspecified atom stereocenters. The molecule has 0 aromatic carbocycles. The molecule has 2 aromatic rings. The Balaban J connectivity index is 1.56. The van der Waals surface area contributed by atoms with Gasteiger partial charge in [-0.05, 0) is 30.4 Å². The summed E-state index contributed by atoms with van der Waals surface area (Å²) in [5.41, 5.74) is 0.775. The first-order valence-corrected chi connectivity index (χ1v) is 8.75. The third kappa shape index (κ3) is 4.10. The summed E-state index contributed by atoms with van der Waals surface area (Å²) in [6, 6.07) is 3.67. The van der Waals surface area contributed by atoms with Crippen molar-refractivity contribution >= 4 is 17.7 Å². The van der Waals surface area contributed by atoms with Crippen molar-refractivity contribution in [2.45, 2.75) is 25.5 Å². The lowest BCUT2D eigenvalue weighted by Crippen LogP contribution is -2.43. The van der Waals surface area contributed by atoms with Crippen LogP contribution in [0.1, 0.15) is 20.3 Å². The van der Waals surface area contributed by atoms with Crippen LogP contribution in [0.15, 0.2) is 34.2 Å². The molecule has 0 aliphatic carbocycles. The van der Waals surface area contributed by atoms with Gasteiger partial charge in [0.15, 0.2) is 0 Å². The molecular weight excluding hydrogens is 312 g/mol. The molecule has 1 saturated heterocycles. The highest BCUT2D eigenvalue weighted by Crippen LogP contribution is 2.25. The summed E-state index contributed by atoms with van der Waals surface area (Å²) in [4.78, 5) is 18.3. The molecule has 1 amide bonds. The van der Waals surface area contributed by atoms with Gasteiger partial charge in [-0.3, -0.25) is 9.78 Å². The summed E-state index contributed by atoms with van der Waals surface area (Å²) < 4.78 is 5.58. The van der Waals surface area contributed by atoms with E-state index in [-0.39, 0.29) is 5.91 Å². The Morgan fingerprint density at radius 2 is 2.13 bits per heavy atom. The van der Waals surface area contributed by atoms with E-state index >= 15 is 0 Å². The van der Waals surface area contributed by atoms with E-state index in [1.807, 2.05) is 17.0 Å². The molecule has 122 valence electrons. The van der Waals surface area contributed by atoms with Crippen LogP contribution >= 0.6 is 11.8 Å². The molecule has 0 saturated carbocycles. The molecule has 0 bridgehead atoms. The zero-order valence-electron chi connectivity index (χ0n) is 13.3. The smallest absolute Gasteiger partial charge is 0.277 e. The molecule has 1 aliphatic rings. The zero-order chi connectivity index (χ0) is 16.2. The fourth-order valence-electron chi connectivity index (χ4n) is 2.96. The molecular formula is C16H20N4O2S.